The number of aromatic nitrogens is 1. The molecule has 3 aromatic rings. The second-order valence-electron chi connectivity index (χ2n) is 4.56. The number of thiazole rings is 1. The molecule has 2 aromatic heterocycles. The first-order chi connectivity index (χ1) is 9.76. The Morgan fingerprint density at radius 3 is 2.90 bits per heavy atom. The third kappa shape index (κ3) is 3.11. The minimum Gasteiger partial charge on any atom is -0.309 e. The standard InChI is InChI=1S/C15H15BrN2S2/c1-2-17-12(14-7-10(16)9-19-14)8-15-18-11-5-3-4-6-13(11)20-15/h3-7,9,12,17H,2,8H2,1H3. The monoisotopic (exact) mass is 366 g/mol. The van der Waals surface area contributed by atoms with Gasteiger partial charge in [0, 0.05) is 27.2 Å². The first-order valence-corrected chi connectivity index (χ1v) is 9.07. The van der Waals surface area contributed by atoms with E-state index in [2.05, 4.69) is 57.8 Å². The predicted octanol–water partition coefficient (Wildman–Crippen LogP) is 5.01. The molecule has 0 spiro atoms. The molecule has 20 heavy (non-hydrogen) atoms. The fourth-order valence-corrected chi connectivity index (χ4v) is 4.75. The quantitative estimate of drug-likeness (QED) is 0.685. The molecule has 0 fully saturated rings. The SMILES string of the molecule is CCNC(Cc1nc2ccccc2s1)c1cc(Br)cs1. The van der Waals surface area contributed by atoms with Crippen LogP contribution in [0.5, 0.6) is 0 Å². The molecule has 0 saturated heterocycles. The third-order valence-corrected chi connectivity index (χ3v) is 5.96. The van der Waals surface area contributed by atoms with E-state index in [0.717, 1.165) is 23.0 Å². The third-order valence-electron chi connectivity index (χ3n) is 3.10. The molecule has 0 bridgehead atoms. The highest BCUT2D eigenvalue weighted by atomic mass is 79.9. The Morgan fingerprint density at radius 2 is 2.20 bits per heavy atom. The van der Waals surface area contributed by atoms with Crippen molar-refractivity contribution in [3.05, 3.63) is 50.1 Å². The number of hydrogen-bond donors (Lipinski definition) is 1. The summed E-state index contributed by atoms with van der Waals surface area (Å²) in [5.74, 6) is 0. The summed E-state index contributed by atoms with van der Waals surface area (Å²) >= 11 is 7.12. The maximum Gasteiger partial charge on any atom is 0.0957 e. The normalized spacial score (nSPS) is 12.9. The summed E-state index contributed by atoms with van der Waals surface area (Å²) in [5, 5.41) is 6.89. The molecule has 2 nitrogen and oxygen atoms in total. The highest BCUT2D eigenvalue weighted by Crippen LogP contribution is 2.30. The molecule has 0 aliphatic heterocycles. The van der Waals surface area contributed by atoms with Crippen molar-refractivity contribution in [1.29, 1.82) is 0 Å². The Balaban J connectivity index is 1.85. The van der Waals surface area contributed by atoms with Crippen molar-refractivity contribution >= 4 is 48.8 Å². The van der Waals surface area contributed by atoms with Gasteiger partial charge in [0.25, 0.3) is 0 Å². The minimum absolute atomic E-state index is 0.344. The molecule has 1 unspecified atom stereocenters. The van der Waals surface area contributed by atoms with Crippen LogP contribution >= 0.6 is 38.6 Å². The van der Waals surface area contributed by atoms with Gasteiger partial charge in [0.15, 0.2) is 0 Å². The molecule has 0 aliphatic carbocycles. The van der Waals surface area contributed by atoms with Gasteiger partial charge in [-0.2, -0.15) is 0 Å². The molecule has 3 rings (SSSR count). The number of para-hydroxylation sites is 1. The number of rotatable bonds is 5. The van der Waals surface area contributed by atoms with Crippen LogP contribution in [-0.2, 0) is 6.42 Å². The highest BCUT2D eigenvalue weighted by Gasteiger charge is 2.15. The topological polar surface area (TPSA) is 24.9 Å². The molecule has 2 heterocycles. The van der Waals surface area contributed by atoms with Crippen LogP contribution in [0.25, 0.3) is 10.2 Å². The maximum absolute atomic E-state index is 4.74. The summed E-state index contributed by atoms with van der Waals surface area (Å²) < 4.78 is 2.43. The Bertz CT molecular complexity index is 672. The van der Waals surface area contributed by atoms with Crippen LogP contribution in [0.3, 0.4) is 0 Å². The highest BCUT2D eigenvalue weighted by molar-refractivity contribution is 9.10. The van der Waals surface area contributed by atoms with Gasteiger partial charge in [-0.05, 0) is 40.7 Å². The predicted molar refractivity (Wildman–Crippen MR) is 91.8 cm³/mol. The number of fused-ring (bicyclic) bond motifs is 1. The minimum atomic E-state index is 0.344. The zero-order valence-corrected chi connectivity index (χ0v) is 14.3. The summed E-state index contributed by atoms with van der Waals surface area (Å²) in [6.07, 6.45) is 0.945. The van der Waals surface area contributed by atoms with Crippen molar-refractivity contribution in [3.8, 4) is 0 Å². The van der Waals surface area contributed by atoms with Crippen LogP contribution < -0.4 is 5.32 Å². The number of thiophene rings is 1. The number of likely N-dealkylation sites (N-methyl/N-ethyl adjacent to an activating group) is 1. The van der Waals surface area contributed by atoms with Crippen molar-refractivity contribution < 1.29 is 0 Å². The van der Waals surface area contributed by atoms with Crippen LogP contribution in [0.2, 0.25) is 0 Å². The van der Waals surface area contributed by atoms with Crippen molar-refractivity contribution in [2.75, 3.05) is 6.54 Å². The zero-order valence-electron chi connectivity index (χ0n) is 11.1. The van der Waals surface area contributed by atoms with E-state index >= 15 is 0 Å². The average molecular weight is 367 g/mol. The molecule has 0 saturated carbocycles. The molecular weight excluding hydrogens is 352 g/mol. The van der Waals surface area contributed by atoms with E-state index in [0.29, 0.717) is 6.04 Å². The number of nitrogens with one attached hydrogen (secondary N) is 1. The van der Waals surface area contributed by atoms with E-state index in [-0.39, 0.29) is 0 Å². The van der Waals surface area contributed by atoms with Gasteiger partial charge in [-0.25, -0.2) is 4.98 Å². The molecule has 0 aliphatic rings. The van der Waals surface area contributed by atoms with E-state index in [9.17, 15) is 0 Å². The average Bonchev–Trinajstić information content (AvgIpc) is 3.03. The van der Waals surface area contributed by atoms with E-state index in [1.807, 2.05) is 6.07 Å². The molecule has 0 amide bonds. The number of hydrogen-bond acceptors (Lipinski definition) is 4. The van der Waals surface area contributed by atoms with Gasteiger partial charge >= 0.3 is 0 Å². The summed E-state index contributed by atoms with van der Waals surface area (Å²) in [7, 11) is 0. The Labute approximate surface area is 135 Å². The van der Waals surface area contributed by atoms with Gasteiger partial charge in [0.2, 0.25) is 0 Å². The molecule has 104 valence electrons. The lowest BCUT2D eigenvalue weighted by Crippen LogP contribution is -2.21. The van der Waals surface area contributed by atoms with Gasteiger partial charge in [-0.1, -0.05) is 19.1 Å². The van der Waals surface area contributed by atoms with Crippen LogP contribution in [-0.4, -0.2) is 11.5 Å². The van der Waals surface area contributed by atoms with Crippen LogP contribution in [0.15, 0.2) is 40.2 Å². The van der Waals surface area contributed by atoms with Gasteiger partial charge < -0.3 is 5.32 Å². The lowest BCUT2D eigenvalue weighted by atomic mass is 10.2. The van der Waals surface area contributed by atoms with Crippen LogP contribution in [0, 0.1) is 0 Å². The van der Waals surface area contributed by atoms with E-state index in [1.54, 1.807) is 22.7 Å². The Morgan fingerprint density at radius 1 is 1.35 bits per heavy atom. The van der Waals surface area contributed by atoms with Crippen LogP contribution in [0.4, 0.5) is 0 Å². The lowest BCUT2D eigenvalue weighted by molar-refractivity contribution is 0.557. The van der Waals surface area contributed by atoms with Gasteiger partial charge in [-0.15, -0.1) is 22.7 Å². The summed E-state index contributed by atoms with van der Waals surface area (Å²) in [5.41, 5.74) is 1.11. The van der Waals surface area contributed by atoms with Crippen molar-refractivity contribution in [3.63, 3.8) is 0 Å². The number of benzene rings is 1. The van der Waals surface area contributed by atoms with Gasteiger partial charge in [0.05, 0.1) is 15.2 Å². The molecule has 5 heteroatoms. The number of nitrogens with zero attached hydrogens (tertiary/aromatic N) is 1. The van der Waals surface area contributed by atoms with Crippen LogP contribution in [0.1, 0.15) is 22.9 Å². The van der Waals surface area contributed by atoms with E-state index in [1.165, 1.54) is 14.6 Å². The van der Waals surface area contributed by atoms with Gasteiger partial charge in [0.1, 0.15) is 0 Å². The summed E-state index contributed by atoms with van der Waals surface area (Å²) in [6.45, 7) is 3.11. The van der Waals surface area contributed by atoms with Crippen molar-refractivity contribution in [1.82, 2.24) is 10.3 Å². The lowest BCUT2D eigenvalue weighted by Gasteiger charge is -2.14. The number of halogens is 1. The maximum atomic E-state index is 4.74. The Kier molecular flexibility index (Phi) is 4.51. The fraction of sp³-hybridized carbons (Fsp3) is 0.267. The summed E-state index contributed by atoms with van der Waals surface area (Å²) in [4.78, 5) is 6.10. The second-order valence-corrected chi connectivity index (χ2v) is 7.53. The molecule has 1 atom stereocenters. The smallest absolute Gasteiger partial charge is 0.0957 e. The van der Waals surface area contributed by atoms with Crippen molar-refractivity contribution in [2.24, 2.45) is 0 Å². The second kappa shape index (κ2) is 6.35. The van der Waals surface area contributed by atoms with E-state index in [4.69, 9.17) is 4.98 Å². The Hall–Kier alpha value is -0.750. The molecular formula is C15H15BrN2S2. The fourth-order valence-electron chi connectivity index (χ4n) is 2.21. The molecule has 1 aromatic carbocycles. The zero-order chi connectivity index (χ0) is 13.9. The summed E-state index contributed by atoms with van der Waals surface area (Å²) in [6, 6.07) is 10.9. The largest absolute Gasteiger partial charge is 0.309 e. The van der Waals surface area contributed by atoms with E-state index < -0.39 is 0 Å². The molecule has 1 N–H and O–H groups in total. The van der Waals surface area contributed by atoms with Crippen molar-refractivity contribution in [2.45, 2.75) is 19.4 Å². The first kappa shape index (κ1) is 14.2. The van der Waals surface area contributed by atoms with Gasteiger partial charge in [-0.3, -0.25) is 0 Å². The first-order valence-electron chi connectivity index (χ1n) is 6.58. The molecule has 0 radical (unpaired) electrons.